The molecule has 0 radical (unpaired) electrons. The quantitative estimate of drug-likeness (QED) is 0.635. The SMILES string of the molecule is CC(C)C#Cc1ccc2c(c1)O[C@@H](CN(C)C(=O)c1ccccn1)[C@@H](C)CN([C@H](C)CO)S2(=O)=O. The first kappa shape index (κ1) is 26.7. The maximum absolute atomic E-state index is 13.5. The minimum atomic E-state index is -3.94. The summed E-state index contributed by atoms with van der Waals surface area (Å²) >= 11 is 0. The third-order valence-electron chi connectivity index (χ3n) is 5.86. The lowest BCUT2D eigenvalue weighted by atomic mass is 10.0. The highest BCUT2D eigenvalue weighted by atomic mass is 32.2. The van der Waals surface area contributed by atoms with Crippen LogP contribution in [0.3, 0.4) is 0 Å². The van der Waals surface area contributed by atoms with Gasteiger partial charge in [-0.05, 0) is 37.3 Å². The lowest BCUT2D eigenvalue weighted by Crippen LogP contribution is -2.50. The molecule has 1 aromatic heterocycles. The zero-order valence-corrected chi connectivity index (χ0v) is 21.6. The van der Waals surface area contributed by atoms with Crippen LogP contribution in [-0.2, 0) is 10.0 Å². The second-order valence-corrected chi connectivity index (χ2v) is 11.1. The van der Waals surface area contributed by atoms with Crippen LogP contribution in [0.1, 0.15) is 43.7 Å². The number of aliphatic hydroxyl groups excluding tert-OH is 1. The van der Waals surface area contributed by atoms with E-state index in [0.29, 0.717) is 11.3 Å². The largest absolute Gasteiger partial charge is 0.487 e. The lowest BCUT2D eigenvalue weighted by Gasteiger charge is -2.37. The van der Waals surface area contributed by atoms with Gasteiger partial charge < -0.3 is 14.7 Å². The lowest BCUT2D eigenvalue weighted by molar-refractivity contribution is 0.0559. The molecule has 2 aromatic rings. The first-order valence-corrected chi connectivity index (χ1v) is 13.1. The molecule has 1 aliphatic rings. The van der Waals surface area contributed by atoms with Crippen LogP contribution in [0.25, 0.3) is 0 Å². The topological polar surface area (TPSA) is 100 Å². The summed E-state index contributed by atoms with van der Waals surface area (Å²) < 4.78 is 34.7. The van der Waals surface area contributed by atoms with Crippen LogP contribution in [0.5, 0.6) is 5.75 Å². The number of aliphatic hydroxyl groups is 1. The first-order chi connectivity index (χ1) is 16.5. The molecule has 0 spiro atoms. The summed E-state index contributed by atoms with van der Waals surface area (Å²) in [6.07, 6.45) is 1.05. The molecule has 8 nitrogen and oxygen atoms in total. The maximum Gasteiger partial charge on any atom is 0.272 e. The summed E-state index contributed by atoms with van der Waals surface area (Å²) in [6, 6.07) is 9.31. The Morgan fingerprint density at radius 2 is 2.03 bits per heavy atom. The van der Waals surface area contributed by atoms with Crippen LogP contribution in [0, 0.1) is 23.7 Å². The van der Waals surface area contributed by atoms with Crippen molar-refractivity contribution in [1.82, 2.24) is 14.2 Å². The number of carbonyl (C=O) groups is 1. The van der Waals surface area contributed by atoms with Crippen molar-refractivity contribution in [2.24, 2.45) is 11.8 Å². The summed E-state index contributed by atoms with van der Waals surface area (Å²) in [6.45, 7) is 7.53. The van der Waals surface area contributed by atoms with Gasteiger partial charge in [-0.15, -0.1) is 0 Å². The van der Waals surface area contributed by atoms with Crippen LogP contribution in [0.2, 0.25) is 0 Å². The van der Waals surface area contributed by atoms with E-state index in [1.807, 2.05) is 20.8 Å². The number of fused-ring (bicyclic) bond motifs is 1. The van der Waals surface area contributed by atoms with Crippen molar-refractivity contribution in [3.05, 3.63) is 53.9 Å². The Morgan fingerprint density at radius 3 is 2.66 bits per heavy atom. The average molecular weight is 500 g/mol. The highest BCUT2D eigenvalue weighted by molar-refractivity contribution is 7.89. The molecule has 9 heteroatoms. The highest BCUT2D eigenvalue weighted by Gasteiger charge is 2.38. The van der Waals surface area contributed by atoms with E-state index in [1.165, 1.54) is 15.3 Å². The fourth-order valence-corrected chi connectivity index (χ4v) is 5.61. The van der Waals surface area contributed by atoms with Gasteiger partial charge in [0.2, 0.25) is 10.0 Å². The Morgan fingerprint density at radius 1 is 1.29 bits per heavy atom. The second-order valence-electron chi connectivity index (χ2n) is 9.23. The molecule has 1 amide bonds. The molecule has 1 N–H and O–H groups in total. The van der Waals surface area contributed by atoms with E-state index >= 15 is 0 Å². The van der Waals surface area contributed by atoms with E-state index in [4.69, 9.17) is 4.74 Å². The van der Waals surface area contributed by atoms with Gasteiger partial charge in [-0.3, -0.25) is 9.78 Å². The zero-order chi connectivity index (χ0) is 25.8. The number of carbonyl (C=O) groups excluding carboxylic acids is 1. The molecule has 0 saturated heterocycles. The fraction of sp³-hybridized carbons (Fsp3) is 0.462. The molecule has 35 heavy (non-hydrogen) atoms. The predicted molar refractivity (Wildman–Crippen MR) is 133 cm³/mol. The number of sulfonamides is 1. The molecule has 2 heterocycles. The van der Waals surface area contributed by atoms with Gasteiger partial charge in [0.15, 0.2) is 0 Å². The van der Waals surface area contributed by atoms with Gasteiger partial charge >= 0.3 is 0 Å². The van der Waals surface area contributed by atoms with Gasteiger partial charge in [-0.2, -0.15) is 4.31 Å². The van der Waals surface area contributed by atoms with Crippen molar-refractivity contribution in [1.29, 1.82) is 0 Å². The van der Waals surface area contributed by atoms with E-state index in [9.17, 15) is 18.3 Å². The number of rotatable bonds is 5. The smallest absolute Gasteiger partial charge is 0.272 e. The average Bonchev–Trinajstić information content (AvgIpc) is 2.84. The summed E-state index contributed by atoms with van der Waals surface area (Å²) in [4.78, 5) is 18.6. The Labute approximate surface area is 208 Å². The normalized spacial score (nSPS) is 20.4. The van der Waals surface area contributed by atoms with Crippen LogP contribution >= 0.6 is 0 Å². The van der Waals surface area contributed by atoms with Gasteiger partial charge in [0, 0.05) is 43.2 Å². The molecule has 1 aromatic carbocycles. The number of likely N-dealkylation sites (N-methyl/N-ethyl adjacent to an activating group) is 1. The van der Waals surface area contributed by atoms with E-state index in [2.05, 4.69) is 16.8 Å². The number of aromatic nitrogens is 1. The number of nitrogens with zero attached hydrogens (tertiary/aromatic N) is 3. The fourth-order valence-electron chi connectivity index (χ4n) is 3.79. The van der Waals surface area contributed by atoms with E-state index in [1.54, 1.807) is 50.5 Å². The van der Waals surface area contributed by atoms with Gasteiger partial charge in [0.25, 0.3) is 5.91 Å². The van der Waals surface area contributed by atoms with Crippen LogP contribution < -0.4 is 4.74 Å². The van der Waals surface area contributed by atoms with Crippen molar-refractivity contribution in [2.75, 3.05) is 26.7 Å². The third-order valence-corrected chi connectivity index (χ3v) is 7.88. The molecular formula is C26H33N3O5S. The molecule has 188 valence electrons. The Hall–Kier alpha value is -2.93. The van der Waals surface area contributed by atoms with Crippen LogP contribution in [-0.4, -0.2) is 72.5 Å². The second kappa shape index (κ2) is 11.2. The van der Waals surface area contributed by atoms with Crippen molar-refractivity contribution in [3.8, 4) is 17.6 Å². The number of hydrogen-bond donors (Lipinski definition) is 1. The third kappa shape index (κ3) is 6.20. The minimum absolute atomic E-state index is 0.0171. The molecule has 3 rings (SSSR count). The molecule has 0 unspecified atom stereocenters. The van der Waals surface area contributed by atoms with Gasteiger partial charge in [0.05, 0.1) is 13.2 Å². The summed E-state index contributed by atoms with van der Waals surface area (Å²) in [5, 5.41) is 9.78. The Balaban J connectivity index is 2.02. The number of pyridine rings is 1. The molecule has 3 atom stereocenters. The number of hydrogen-bond acceptors (Lipinski definition) is 6. The molecular weight excluding hydrogens is 466 g/mol. The number of ether oxygens (including phenoxy) is 1. The van der Waals surface area contributed by atoms with Crippen LogP contribution in [0.4, 0.5) is 0 Å². The molecule has 0 bridgehead atoms. The number of amides is 1. The van der Waals surface area contributed by atoms with Gasteiger partial charge in [0.1, 0.15) is 22.4 Å². The van der Waals surface area contributed by atoms with Crippen molar-refractivity contribution >= 4 is 15.9 Å². The summed E-state index contributed by atoms with van der Waals surface area (Å²) in [5.41, 5.74) is 0.956. The predicted octanol–water partition coefficient (Wildman–Crippen LogP) is 2.63. The maximum atomic E-state index is 13.5. The highest BCUT2D eigenvalue weighted by Crippen LogP contribution is 2.34. The van der Waals surface area contributed by atoms with Crippen molar-refractivity contribution < 1.29 is 23.1 Å². The zero-order valence-electron chi connectivity index (χ0n) is 20.8. The molecule has 0 saturated carbocycles. The summed E-state index contributed by atoms with van der Waals surface area (Å²) in [5.74, 6) is 5.94. The van der Waals surface area contributed by atoms with Crippen LogP contribution in [0.15, 0.2) is 47.5 Å². The van der Waals surface area contributed by atoms with Gasteiger partial charge in [-0.1, -0.05) is 38.7 Å². The molecule has 0 aliphatic carbocycles. The van der Waals surface area contributed by atoms with Gasteiger partial charge in [-0.25, -0.2) is 8.42 Å². The van der Waals surface area contributed by atoms with Crippen molar-refractivity contribution in [2.45, 2.75) is 44.7 Å². The summed E-state index contributed by atoms with van der Waals surface area (Å²) in [7, 11) is -2.27. The molecule has 1 aliphatic heterocycles. The first-order valence-electron chi connectivity index (χ1n) is 11.7. The monoisotopic (exact) mass is 499 g/mol. The van der Waals surface area contributed by atoms with E-state index < -0.39 is 22.2 Å². The van der Waals surface area contributed by atoms with Crippen molar-refractivity contribution in [3.63, 3.8) is 0 Å². The van der Waals surface area contributed by atoms with E-state index in [0.717, 1.165) is 0 Å². The Kier molecular flexibility index (Phi) is 8.54. The number of benzene rings is 1. The molecule has 0 fully saturated rings. The minimum Gasteiger partial charge on any atom is -0.487 e. The standard InChI is InChI=1S/C26H33N3O5S/c1-18(2)9-10-21-11-12-25-23(14-21)34-24(16-28(5)26(31)22-8-6-7-13-27-22)19(3)15-29(20(4)17-30)35(25,32)33/h6-8,11-14,18-20,24,30H,15-17H2,1-5H3/t19-,20+,24-/m0/s1. The van der Waals surface area contributed by atoms with E-state index in [-0.39, 0.29) is 48.1 Å². The Bertz CT molecular complexity index is 1200.